The SMILES string of the molecule is CCN1CCN(C(=O)CCC(=O)c2ccc3c(c2)OCCO3)c2ccccc21. The van der Waals surface area contributed by atoms with Crippen molar-refractivity contribution in [2.24, 2.45) is 0 Å². The molecule has 0 atom stereocenters. The van der Waals surface area contributed by atoms with E-state index in [9.17, 15) is 9.59 Å². The lowest BCUT2D eigenvalue weighted by molar-refractivity contribution is -0.118. The van der Waals surface area contributed by atoms with Crippen LogP contribution in [0.2, 0.25) is 0 Å². The largest absolute Gasteiger partial charge is 0.486 e. The zero-order valence-electron chi connectivity index (χ0n) is 16.0. The Hall–Kier alpha value is -3.02. The van der Waals surface area contributed by atoms with Crippen molar-refractivity contribution in [1.29, 1.82) is 0 Å². The predicted octanol–water partition coefficient (Wildman–Crippen LogP) is 3.29. The molecule has 0 fully saturated rings. The van der Waals surface area contributed by atoms with Gasteiger partial charge in [0.1, 0.15) is 13.2 Å². The molecule has 2 heterocycles. The van der Waals surface area contributed by atoms with Crippen LogP contribution in [0.15, 0.2) is 42.5 Å². The number of fused-ring (bicyclic) bond motifs is 2. The van der Waals surface area contributed by atoms with Crippen LogP contribution in [0.1, 0.15) is 30.1 Å². The standard InChI is InChI=1S/C22H24N2O4/c1-2-23-11-12-24(18-6-4-3-5-17(18)23)22(26)10-8-19(25)16-7-9-20-21(15-16)28-14-13-27-20/h3-7,9,15H,2,8,10-14H2,1H3. The lowest BCUT2D eigenvalue weighted by Gasteiger charge is -2.37. The van der Waals surface area contributed by atoms with Gasteiger partial charge in [-0.2, -0.15) is 0 Å². The Morgan fingerprint density at radius 3 is 2.46 bits per heavy atom. The zero-order valence-corrected chi connectivity index (χ0v) is 16.0. The smallest absolute Gasteiger partial charge is 0.227 e. The summed E-state index contributed by atoms with van der Waals surface area (Å²) in [6.45, 7) is 5.45. The minimum Gasteiger partial charge on any atom is -0.486 e. The molecule has 6 nitrogen and oxygen atoms in total. The summed E-state index contributed by atoms with van der Waals surface area (Å²) < 4.78 is 11.0. The molecular weight excluding hydrogens is 356 g/mol. The van der Waals surface area contributed by atoms with Crippen LogP contribution in [-0.2, 0) is 4.79 Å². The minimum atomic E-state index is -0.0641. The summed E-state index contributed by atoms with van der Waals surface area (Å²) in [7, 11) is 0. The van der Waals surface area contributed by atoms with Gasteiger partial charge in [-0.15, -0.1) is 0 Å². The second-order valence-corrected chi connectivity index (χ2v) is 6.90. The molecule has 0 radical (unpaired) electrons. The van der Waals surface area contributed by atoms with E-state index in [4.69, 9.17) is 9.47 Å². The van der Waals surface area contributed by atoms with E-state index in [1.165, 1.54) is 0 Å². The minimum absolute atomic E-state index is 0.0194. The topological polar surface area (TPSA) is 59.1 Å². The van der Waals surface area contributed by atoms with Gasteiger partial charge in [-0.1, -0.05) is 12.1 Å². The monoisotopic (exact) mass is 380 g/mol. The Kier molecular flexibility index (Phi) is 5.19. The highest BCUT2D eigenvalue weighted by atomic mass is 16.6. The van der Waals surface area contributed by atoms with Gasteiger partial charge in [-0.3, -0.25) is 9.59 Å². The molecule has 0 saturated carbocycles. The van der Waals surface area contributed by atoms with Crippen LogP contribution in [0, 0.1) is 0 Å². The molecule has 6 heteroatoms. The number of benzene rings is 2. The van der Waals surface area contributed by atoms with Crippen molar-refractivity contribution in [3.05, 3.63) is 48.0 Å². The number of rotatable bonds is 5. The zero-order chi connectivity index (χ0) is 19.5. The van der Waals surface area contributed by atoms with E-state index < -0.39 is 0 Å². The number of hydrogen-bond acceptors (Lipinski definition) is 5. The van der Waals surface area contributed by atoms with Crippen LogP contribution in [-0.4, -0.2) is 44.5 Å². The summed E-state index contributed by atoms with van der Waals surface area (Å²) in [6.07, 6.45) is 0.363. The van der Waals surface area contributed by atoms with Crippen molar-refractivity contribution in [2.45, 2.75) is 19.8 Å². The molecule has 0 N–H and O–H groups in total. The van der Waals surface area contributed by atoms with E-state index in [2.05, 4.69) is 11.8 Å². The number of ketones is 1. The summed E-state index contributed by atoms with van der Waals surface area (Å²) in [5.41, 5.74) is 2.54. The third-order valence-corrected chi connectivity index (χ3v) is 5.22. The summed E-state index contributed by atoms with van der Waals surface area (Å²) >= 11 is 0. The molecule has 4 rings (SSSR count). The quantitative estimate of drug-likeness (QED) is 0.745. The molecule has 0 bridgehead atoms. The number of carbonyl (C=O) groups excluding carboxylic acids is 2. The van der Waals surface area contributed by atoms with Crippen molar-refractivity contribution in [2.75, 3.05) is 42.6 Å². The second kappa shape index (κ2) is 7.92. The van der Waals surface area contributed by atoms with Crippen LogP contribution < -0.4 is 19.3 Å². The van der Waals surface area contributed by atoms with Crippen molar-refractivity contribution < 1.29 is 19.1 Å². The van der Waals surface area contributed by atoms with Gasteiger partial charge in [0.25, 0.3) is 0 Å². The number of hydrogen-bond donors (Lipinski definition) is 0. The normalized spacial score (nSPS) is 15.2. The summed E-state index contributed by atoms with van der Waals surface area (Å²) in [6, 6.07) is 13.1. The van der Waals surface area contributed by atoms with Crippen molar-refractivity contribution in [1.82, 2.24) is 0 Å². The second-order valence-electron chi connectivity index (χ2n) is 6.90. The molecule has 2 aliphatic heterocycles. The first-order valence-electron chi connectivity index (χ1n) is 9.74. The molecule has 0 aromatic heterocycles. The maximum atomic E-state index is 12.8. The molecule has 0 aliphatic carbocycles. The van der Waals surface area contributed by atoms with E-state index in [1.807, 2.05) is 24.3 Å². The Labute approximate surface area is 164 Å². The van der Waals surface area contributed by atoms with Gasteiger partial charge >= 0.3 is 0 Å². The van der Waals surface area contributed by atoms with E-state index >= 15 is 0 Å². The van der Waals surface area contributed by atoms with Gasteiger partial charge in [0.15, 0.2) is 17.3 Å². The number of anilines is 2. The van der Waals surface area contributed by atoms with Gasteiger partial charge < -0.3 is 19.3 Å². The van der Waals surface area contributed by atoms with Crippen LogP contribution >= 0.6 is 0 Å². The number of Topliss-reactive ketones (excluding diaryl/α,β-unsaturated/α-hetero) is 1. The third-order valence-electron chi connectivity index (χ3n) is 5.22. The maximum Gasteiger partial charge on any atom is 0.227 e. The van der Waals surface area contributed by atoms with Crippen LogP contribution in [0.25, 0.3) is 0 Å². The fourth-order valence-corrected chi connectivity index (χ4v) is 3.73. The molecule has 0 spiro atoms. The molecule has 2 aromatic rings. The fourth-order valence-electron chi connectivity index (χ4n) is 3.73. The molecule has 146 valence electrons. The average molecular weight is 380 g/mol. The van der Waals surface area contributed by atoms with Gasteiger partial charge in [0, 0.05) is 38.0 Å². The highest BCUT2D eigenvalue weighted by Crippen LogP contribution is 2.34. The molecule has 2 aliphatic rings. The summed E-state index contributed by atoms with van der Waals surface area (Å²) in [5.74, 6) is 1.16. The highest BCUT2D eigenvalue weighted by molar-refractivity contribution is 6.02. The lowest BCUT2D eigenvalue weighted by atomic mass is 10.0. The molecule has 1 amide bonds. The molecule has 2 aromatic carbocycles. The number of ether oxygens (including phenoxy) is 2. The van der Waals surface area contributed by atoms with Crippen molar-refractivity contribution >= 4 is 23.1 Å². The van der Waals surface area contributed by atoms with Gasteiger partial charge in [-0.05, 0) is 37.3 Å². The van der Waals surface area contributed by atoms with Crippen molar-refractivity contribution in [3.8, 4) is 11.5 Å². The maximum absolute atomic E-state index is 12.8. The Morgan fingerprint density at radius 2 is 1.68 bits per heavy atom. The van der Waals surface area contributed by atoms with E-state index in [0.717, 1.165) is 24.5 Å². The number of nitrogens with zero attached hydrogens (tertiary/aromatic N) is 2. The predicted molar refractivity (Wildman–Crippen MR) is 108 cm³/mol. The number of para-hydroxylation sites is 2. The number of amides is 1. The third kappa shape index (κ3) is 3.54. The molecular formula is C22H24N2O4. The summed E-state index contributed by atoms with van der Waals surface area (Å²) in [4.78, 5) is 29.5. The van der Waals surface area contributed by atoms with Crippen LogP contribution in [0.5, 0.6) is 11.5 Å². The Balaban J connectivity index is 1.42. The van der Waals surface area contributed by atoms with Gasteiger partial charge in [-0.25, -0.2) is 0 Å². The average Bonchev–Trinajstić information content (AvgIpc) is 2.76. The number of likely N-dealkylation sites (N-methyl/N-ethyl adjacent to an activating group) is 1. The first-order valence-corrected chi connectivity index (χ1v) is 9.74. The highest BCUT2D eigenvalue weighted by Gasteiger charge is 2.26. The van der Waals surface area contributed by atoms with Gasteiger partial charge in [0.2, 0.25) is 5.91 Å². The lowest BCUT2D eigenvalue weighted by Crippen LogP contribution is -2.44. The van der Waals surface area contributed by atoms with E-state index in [0.29, 0.717) is 36.8 Å². The summed E-state index contributed by atoms with van der Waals surface area (Å²) in [5, 5.41) is 0. The first kappa shape index (κ1) is 18.3. The first-order chi connectivity index (χ1) is 13.7. The fraction of sp³-hybridized carbons (Fsp3) is 0.364. The van der Waals surface area contributed by atoms with E-state index in [-0.39, 0.29) is 24.5 Å². The Bertz CT molecular complexity index is 896. The number of carbonyl (C=O) groups is 2. The van der Waals surface area contributed by atoms with Gasteiger partial charge in [0.05, 0.1) is 11.4 Å². The van der Waals surface area contributed by atoms with Crippen LogP contribution in [0.4, 0.5) is 11.4 Å². The van der Waals surface area contributed by atoms with E-state index in [1.54, 1.807) is 23.1 Å². The molecule has 0 saturated heterocycles. The van der Waals surface area contributed by atoms with Crippen LogP contribution in [0.3, 0.4) is 0 Å². The molecule has 0 unspecified atom stereocenters. The molecule has 28 heavy (non-hydrogen) atoms. The Morgan fingerprint density at radius 1 is 0.929 bits per heavy atom. The van der Waals surface area contributed by atoms with Crippen molar-refractivity contribution in [3.63, 3.8) is 0 Å².